The first kappa shape index (κ1) is 19.8. The number of carbonyl (C=O) groups excluding carboxylic acids is 1. The van der Waals surface area contributed by atoms with Crippen LogP contribution >= 0.6 is 11.6 Å². The minimum absolute atomic E-state index is 0.0842. The maximum absolute atomic E-state index is 11.6. The van der Waals surface area contributed by atoms with Gasteiger partial charge in [0, 0.05) is 25.6 Å². The summed E-state index contributed by atoms with van der Waals surface area (Å²) in [6.45, 7) is 10.7. The summed E-state index contributed by atoms with van der Waals surface area (Å²) in [5.41, 5.74) is 0.390. The Morgan fingerprint density at radius 1 is 1.43 bits per heavy atom. The van der Waals surface area contributed by atoms with Crippen LogP contribution < -0.4 is 10.6 Å². The predicted octanol–water partition coefficient (Wildman–Crippen LogP) is 3.41. The molecule has 1 aromatic rings. The van der Waals surface area contributed by atoms with Crippen LogP contribution in [0.4, 0.5) is 4.79 Å². The lowest BCUT2D eigenvalue weighted by molar-refractivity contribution is 0.0523. The highest BCUT2D eigenvalue weighted by molar-refractivity contribution is 6.30. The van der Waals surface area contributed by atoms with Gasteiger partial charge in [-0.15, -0.1) is 0 Å². The summed E-state index contributed by atoms with van der Waals surface area (Å²) in [4.78, 5) is 19.2. The highest BCUT2D eigenvalue weighted by atomic mass is 35.5. The van der Waals surface area contributed by atoms with Crippen LogP contribution in [0.1, 0.15) is 59.0 Å². The third kappa shape index (κ3) is 8.23. The molecule has 1 amide bonds. The Labute approximate surface area is 143 Å². The van der Waals surface area contributed by atoms with Gasteiger partial charge >= 0.3 is 6.09 Å². The van der Waals surface area contributed by atoms with Crippen molar-refractivity contribution in [3.8, 4) is 0 Å². The zero-order valence-electron chi connectivity index (χ0n) is 14.8. The van der Waals surface area contributed by atoms with E-state index in [4.69, 9.17) is 16.3 Å². The number of aryl methyl sites for hydroxylation is 1. The number of hydrogen-bond acceptors (Lipinski definition) is 4. The number of alkyl carbamates (subject to hydrolysis) is 1. The van der Waals surface area contributed by atoms with Crippen molar-refractivity contribution in [3.05, 3.63) is 16.7 Å². The van der Waals surface area contributed by atoms with Crippen LogP contribution in [0.3, 0.4) is 0 Å². The number of amides is 1. The molecule has 3 N–H and O–H groups in total. The number of halogens is 1. The van der Waals surface area contributed by atoms with Crippen molar-refractivity contribution in [2.24, 2.45) is 0 Å². The van der Waals surface area contributed by atoms with Crippen LogP contribution in [0.5, 0.6) is 0 Å². The predicted molar refractivity (Wildman–Crippen MR) is 92.7 cm³/mol. The van der Waals surface area contributed by atoms with Crippen LogP contribution in [0, 0.1) is 0 Å². The number of rotatable bonds is 8. The molecular weight excluding hydrogens is 316 g/mol. The zero-order valence-corrected chi connectivity index (χ0v) is 15.5. The van der Waals surface area contributed by atoms with Gasteiger partial charge in [0.1, 0.15) is 11.4 Å². The van der Waals surface area contributed by atoms with Gasteiger partial charge in [-0.25, -0.2) is 9.78 Å². The highest BCUT2D eigenvalue weighted by Crippen LogP contribution is 2.14. The normalized spacial score (nSPS) is 13.0. The summed E-state index contributed by atoms with van der Waals surface area (Å²) in [5.74, 6) is 0.924. The summed E-state index contributed by atoms with van der Waals surface area (Å²) in [6.07, 6.45) is 2.71. The van der Waals surface area contributed by atoms with E-state index in [1.807, 2.05) is 27.7 Å². The van der Waals surface area contributed by atoms with E-state index in [1.54, 1.807) is 0 Å². The zero-order chi connectivity index (χ0) is 17.5. The number of nitrogens with one attached hydrogen (secondary N) is 3. The molecule has 132 valence electrons. The molecule has 0 aliphatic carbocycles. The third-order valence-electron chi connectivity index (χ3n) is 3.12. The Hall–Kier alpha value is -1.27. The lowest BCUT2D eigenvalue weighted by Gasteiger charge is -2.21. The minimum atomic E-state index is -0.487. The fourth-order valence-corrected chi connectivity index (χ4v) is 2.13. The molecule has 1 unspecified atom stereocenters. The fourth-order valence-electron chi connectivity index (χ4n) is 1.92. The second-order valence-electron chi connectivity index (χ2n) is 6.72. The number of carbonyl (C=O) groups is 1. The van der Waals surface area contributed by atoms with Crippen molar-refractivity contribution in [1.29, 1.82) is 0 Å². The van der Waals surface area contributed by atoms with Crippen molar-refractivity contribution in [3.63, 3.8) is 0 Å². The Morgan fingerprint density at radius 2 is 2.13 bits per heavy atom. The number of H-pyrrole nitrogens is 1. The molecule has 0 spiro atoms. The average Bonchev–Trinajstić information content (AvgIpc) is 2.79. The van der Waals surface area contributed by atoms with Gasteiger partial charge in [0.05, 0.1) is 5.69 Å². The first-order valence-corrected chi connectivity index (χ1v) is 8.52. The van der Waals surface area contributed by atoms with Gasteiger partial charge in [-0.1, -0.05) is 24.9 Å². The molecule has 7 heteroatoms. The Morgan fingerprint density at radius 3 is 2.74 bits per heavy atom. The van der Waals surface area contributed by atoms with Crippen LogP contribution in [0.2, 0.25) is 5.15 Å². The topological polar surface area (TPSA) is 79.0 Å². The van der Waals surface area contributed by atoms with Gasteiger partial charge in [0.25, 0.3) is 0 Å². The number of aromatic nitrogens is 2. The second kappa shape index (κ2) is 9.13. The van der Waals surface area contributed by atoms with E-state index < -0.39 is 11.7 Å². The molecule has 0 fully saturated rings. The summed E-state index contributed by atoms with van der Waals surface area (Å²) in [7, 11) is 0. The van der Waals surface area contributed by atoms with E-state index in [9.17, 15) is 4.79 Å². The quantitative estimate of drug-likeness (QED) is 0.675. The maximum atomic E-state index is 11.6. The molecule has 1 heterocycles. The molecule has 23 heavy (non-hydrogen) atoms. The van der Waals surface area contributed by atoms with Crippen LogP contribution in [0.15, 0.2) is 0 Å². The maximum Gasteiger partial charge on any atom is 0.407 e. The first-order valence-electron chi connectivity index (χ1n) is 8.14. The molecule has 0 aromatic carbocycles. The Kier molecular flexibility index (Phi) is 7.85. The summed E-state index contributed by atoms with van der Waals surface area (Å²) < 4.78 is 5.20. The third-order valence-corrected chi connectivity index (χ3v) is 3.44. The molecular formula is C16H29ClN4O2. The van der Waals surface area contributed by atoms with Crippen molar-refractivity contribution in [2.75, 3.05) is 6.54 Å². The van der Waals surface area contributed by atoms with Gasteiger partial charge in [0.2, 0.25) is 0 Å². The number of imidazole rings is 1. The molecule has 0 aliphatic heterocycles. The van der Waals surface area contributed by atoms with Gasteiger partial charge in [-0.05, 0) is 34.1 Å². The van der Waals surface area contributed by atoms with Gasteiger partial charge < -0.3 is 20.4 Å². The van der Waals surface area contributed by atoms with E-state index in [1.165, 1.54) is 0 Å². The Balaban J connectivity index is 2.34. The van der Waals surface area contributed by atoms with Crippen molar-refractivity contribution >= 4 is 17.7 Å². The van der Waals surface area contributed by atoms with E-state index in [0.29, 0.717) is 18.2 Å². The first-order chi connectivity index (χ1) is 10.7. The highest BCUT2D eigenvalue weighted by Gasteiger charge is 2.16. The number of aromatic amines is 1. The smallest absolute Gasteiger partial charge is 0.407 e. The molecule has 0 bridgehead atoms. The molecule has 0 radical (unpaired) electrons. The molecule has 1 aromatic heterocycles. The fraction of sp³-hybridized carbons (Fsp3) is 0.750. The van der Waals surface area contributed by atoms with E-state index in [2.05, 4.69) is 27.5 Å². The lowest BCUT2D eigenvalue weighted by Crippen LogP contribution is -2.41. The second-order valence-corrected chi connectivity index (χ2v) is 7.08. The van der Waals surface area contributed by atoms with E-state index in [-0.39, 0.29) is 6.04 Å². The number of ether oxygens (including phenoxy) is 1. The summed E-state index contributed by atoms with van der Waals surface area (Å²) >= 11 is 6.14. The SMILES string of the molecule is CCCCc1nc(Cl)c(CNC(C)CNC(=O)OC(C)(C)C)[nH]1. The molecule has 1 rings (SSSR count). The molecule has 6 nitrogen and oxygen atoms in total. The standard InChI is InChI=1S/C16H29ClN4O2/c1-6-7-8-13-20-12(14(17)21-13)10-18-11(2)9-19-15(22)23-16(3,4)5/h11,18H,6-10H2,1-5H3,(H,19,22)(H,20,21). The molecule has 0 saturated carbocycles. The van der Waals surface area contributed by atoms with Crippen LogP contribution in [-0.2, 0) is 17.7 Å². The van der Waals surface area contributed by atoms with Crippen LogP contribution in [0.25, 0.3) is 0 Å². The number of nitrogens with zero attached hydrogens (tertiary/aromatic N) is 1. The van der Waals surface area contributed by atoms with Gasteiger partial charge in [-0.2, -0.15) is 0 Å². The van der Waals surface area contributed by atoms with Crippen molar-refractivity contribution < 1.29 is 9.53 Å². The van der Waals surface area contributed by atoms with Crippen LogP contribution in [-0.4, -0.2) is 34.2 Å². The van der Waals surface area contributed by atoms with Gasteiger partial charge in [0.15, 0.2) is 5.15 Å². The molecule has 1 atom stereocenters. The summed E-state index contributed by atoms with van der Waals surface area (Å²) in [5, 5.41) is 6.55. The minimum Gasteiger partial charge on any atom is -0.444 e. The largest absolute Gasteiger partial charge is 0.444 e. The number of hydrogen-bond donors (Lipinski definition) is 3. The monoisotopic (exact) mass is 344 g/mol. The average molecular weight is 345 g/mol. The molecule has 0 aliphatic rings. The van der Waals surface area contributed by atoms with Gasteiger partial charge in [-0.3, -0.25) is 0 Å². The van der Waals surface area contributed by atoms with E-state index >= 15 is 0 Å². The molecule has 0 saturated heterocycles. The Bertz CT molecular complexity index is 497. The number of unbranched alkanes of at least 4 members (excludes halogenated alkanes) is 1. The van der Waals surface area contributed by atoms with Crippen molar-refractivity contribution in [1.82, 2.24) is 20.6 Å². The van der Waals surface area contributed by atoms with E-state index in [0.717, 1.165) is 30.8 Å². The van der Waals surface area contributed by atoms with Crippen molar-refractivity contribution in [2.45, 2.75) is 72.1 Å². The lowest BCUT2D eigenvalue weighted by atomic mass is 10.2. The summed E-state index contributed by atoms with van der Waals surface area (Å²) in [6, 6.07) is 0.0842.